The number of fused-ring (bicyclic) bond motifs is 1. The van der Waals surface area contributed by atoms with Crippen LogP contribution in [0.25, 0.3) is 0 Å². The average Bonchev–Trinajstić information content (AvgIpc) is 3.23. The summed E-state index contributed by atoms with van der Waals surface area (Å²) in [7, 11) is -0.652. The number of likely N-dealkylation sites (N-methyl/N-ethyl adjacent to an activating group) is 1. The molecule has 1 unspecified atom stereocenters. The Kier molecular flexibility index (Phi) is 8.79. The first-order valence-corrected chi connectivity index (χ1v) is 14.8. The number of aliphatic carboxylic acids is 1. The Labute approximate surface area is 243 Å². The summed E-state index contributed by atoms with van der Waals surface area (Å²) in [6.07, 6.45) is 1.39. The van der Waals surface area contributed by atoms with Gasteiger partial charge in [-0.15, -0.1) is 0 Å². The van der Waals surface area contributed by atoms with Gasteiger partial charge in [0.2, 0.25) is 21.8 Å². The first-order chi connectivity index (χ1) is 19.3. The van der Waals surface area contributed by atoms with Crippen molar-refractivity contribution >= 4 is 62.2 Å². The van der Waals surface area contributed by atoms with Gasteiger partial charge < -0.3 is 15.3 Å². The zero-order valence-corrected chi connectivity index (χ0v) is 24.2. The van der Waals surface area contributed by atoms with E-state index in [9.17, 15) is 22.8 Å². The molecule has 10 nitrogen and oxygen atoms in total. The third-order valence-electron chi connectivity index (χ3n) is 6.56. The molecule has 0 aliphatic carbocycles. The normalized spacial score (nSPS) is 14.8. The Bertz CT molecular complexity index is 1620. The van der Waals surface area contributed by atoms with Crippen molar-refractivity contribution in [1.82, 2.24) is 4.90 Å². The number of hydrogen-bond donors (Lipinski definition) is 2. The molecular formula is C29H29ClN4O6S. The van der Waals surface area contributed by atoms with E-state index in [1.54, 1.807) is 80.8 Å². The lowest BCUT2D eigenvalue weighted by Gasteiger charge is -2.23. The van der Waals surface area contributed by atoms with Gasteiger partial charge in [0.05, 0.1) is 23.3 Å². The molecule has 41 heavy (non-hydrogen) atoms. The van der Waals surface area contributed by atoms with Crippen LogP contribution >= 0.6 is 11.6 Å². The largest absolute Gasteiger partial charge is 0.481 e. The SMILES string of the molecule is CN(C)C(=O)CN(c1ccc(N=C(c2ccc(CCC(=O)O)cc2)C2C(=O)Nc3cc(Cl)ccc32)cc1)S(C)(=O)=O. The van der Waals surface area contributed by atoms with Gasteiger partial charge >= 0.3 is 5.97 Å². The van der Waals surface area contributed by atoms with Crippen LogP contribution in [0, 0.1) is 0 Å². The number of carbonyl (C=O) groups excluding carboxylic acids is 2. The average molecular weight is 597 g/mol. The molecule has 1 aliphatic rings. The molecule has 1 aliphatic heterocycles. The van der Waals surface area contributed by atoms with E-state index in [1.807, 2.05) is 0 Å². The van der Waals surface area contributed by atoms with Crippen LogP contribution in [0.4, 0.5) is 17.1 Å². The van der Waals surface area contributed by atoms with Crippen molar-refractivity contribution in [2.45, 2.75) is 18.8 Å². The molecule has 0 saturated heterocycles. The van der Waals surface area contributed by atoms with Gasteiger partial charge in [0, 0.05) is 31.2 Å². The number of benzene rings is 3. The fraction of sp³-hybridized carbons (Fsp3) is 0.241. The van der Waals surface area contributed by atoms with Gasteiger partial charge in [-0.3, -0.25) is 23.7 Å². The first-order valence-electron chi connectivity index (χ1n) is 12.6. The molecule has 3 aromatic carbocycles. The maximum atomic E-state index is 13.2. The Hall–Kier alpha value is -4.22. The molecule has 0 aromatic heterocycles. The van der Waals surface area contributed by atoms with Crippen LogP contribution in [0.2, 0.25) is 5.02 Å². The molecule has 0 fully saturated rings. The number of nitrogens with zero attached hydrogens (tertiary/aromatic N) is 3. The predicted molar refractivity (Wildman–Crippen MR) is 159 cm³/mol. The van der Waals surface area contributed by atoms with Gasteiger partial charge in [-0.05, 0) is 59.5 Å². The van der Waals surface area contributed by atoms with E-state index in [0.29, 0.717) is 45.3 Å². The minimum absolute atomic E-state index is 0.00353. The number of rotatable bonds is 10. The number of carbonyl (C=O) groups is 3. The topological polar surface area (TPSA) is 136 Å². The summed E-state index contributed by atoms with van der Waals surface area (Å²) in [4.78, 5) is 42.6. The summed E-state index contributed by atoms with van der Waals surface area (Å²) in [6, 6.07) is 18.7. The summed E-state index contributed by atoms with van der Waals surface area (Å²) in [6.45, 7) is -0.352. The van der Waals surface area contributed by atoms with Crippen LogP contribution in [-0.2, 0) is 30.8 Å². The van der Waals surface area contributed by atoms with Gasteiger partial charge in [-0.25, -0.2) is 8.42 Å². The lowest BCUT2D eigenvalue weighted by atomic mass is 9.90. The number of carboxylic acid groups (broad SMARTS) is 1. The molecule has 0 spiro atoms. The molecule has 0 bridgehead atoms. The summed E-state index contributed by atoms with van der Waals surface area (Å²) < 4.78 is 25.9. The Morgan fingerprint density at radius 1 is 1.02 bits per heavy atom. The number of halogens is 1. The standard InChI is InChI=1S/C29H29ClN4O6S/c1-33(2)25(35)17-34(41(3,39)40)22-12-10-21(11-13-22)31-28(19-7-4-18(5-8-19)6-15-26(36)37)27-23-14-9-20(30)16-24(23)32-29(27)38/h4-5,7-14,16,27H,6,15,17H2,1-3H3,(H,32,38)(H,36,37). The van der Waals surface area contributed by atoms with E-state index in [0.717, 1.165) is 16.1 Å². The maximum Gasteiger partial charge on any atom is 0.303 e. The van der Waals surface area contributed by atoms with E-state index < -0.39 is 21.9 Å². The molecule has 1 heterocycles. The van der Waals surface area contributed by atoms with Crippen molar-refractivity contribution in [2.24, 2.45) is 4.99 Å². The van der Waals surface area contributed by atoms with Crippen molar-refractivity contribution < 1.29 is 27.9 Å². The molecule has 1 atom stereocenters. The van der Waals surface area contributed by atoms with E-state index in [-0.39, 0.29) is 24.8 Å². The highest BCUT2D eigenvalue weighted by Gasteiger charge is 2.35. The quantitative estimate of drug-likeness (QED) is 0.339. The number of carboxylic acids is 1. The predicted octanol–water partition coefficient (Wildman–Crippen LogP) is 4.07. The third-order valence-corrected chi connectivity index (χ3v) is 7.94. The van der Waals surface area contributed by atoms with E-state index >= 15 is 0 Å². The van der Waals surface area contributed by atoms with Crippen LogP contribution in [-0.4, -0.2) is 68.8 Å². The molecule has 0 saturated carbocycles. The molecular weight excluding hydrogens is 568 g/mol. The number of aliphatic imine (C=N–C) groups is 1. The summed E-state index contributed by atoms with van der Waals surface area (Å²) in [5, 5.41) is 12.3. The zero-order chi connectivity index (χ0) is 29.9. The molecule has 0 radical (unpaired) electrons. The number of amides is 2. The molecule has 214 valence electrons. The molecule has 4 rings (SSSR count). The van der Waals surface area contributed by atoms with Crippen molar-refractivity contribution in [3.8, 4) is 0 Å². The van der Waals surface area contributed by atoms with E-state index in [2.05, 4.69) is 5.32 Å². The summed E-state index contributed by atoms with van der Waals surface area (Å²) in [5.41, 5.74) is 3.98. The minimum Gasteiger partial charge on any atom is -0.481 e. The van der Waals surface area contributed by atoms with Gasteiger partial charge in [-0.2, -0.15) is 0 Å². The number of hydrogen-bond acceptors (Lipinski definition) is 6. The van der Waals surface area contributed by atoms with Gasteiger partial charge in [-0.1, -0.05) is 41.9 Å². The highest BCUT2D eigenvalue weighted by Crippen LogP contribution is 2.38. The van der Waals surface area contributed by atoms with Crippen molar-refractivity contribution in [3.05, 3.63) is 88.4 Å². The fourth-order valence-corrected chi connectivity index (χ4v) is 5.41. The zero-order valence-electron chi connectivity index (χ0n) is 22.7. The molecule has 2 amide bonds. The Morgan fingerprint density at radius 2 is 1.68 bits per heavy atom. The molecule has 2 N–H and O–H groups in total. The van der Waals surface area contributed by atoms with Crippen LogP contribution < -0.4 is 9.62 Å². The second-order valence-electron chi connectivity index (χ2n) is 9.82. The Balaban J connectivity index is 1.75. The Morgan fingerprint density at radius 3 is 2.27 bits per heavy atom. The van der Waals surface area contributed by atoms with Crippen LogP contribution in [0.15, 0.2) is 71.7 Å². The van der Waals surface area contributed by atoms with Crippen LogP contribution in [0.5, 0.6) is 0 Å². The maximum absolute atomic E-state index is 13.2. The monoisotopic (exact) mass is 596 g/mol. The fourth-order valence-electron chi connectivity index (χ4n) is 4.39. The van der Waals surface area contributed by atoms with Crippen molar-refractivity contribution in [3.63, 3.8) is 0 Å². The van der Waals surface area contributed by atoms with Crippen molar-refractivity contribution in [1.29, 1.82) is 0 Å². The van der Waals surface area contributed by atoms with Crippen LogP contribution in [0.1, 0.15) is 29.0 Å². The van der Waals surface area contributed by atoms with Gasteiger partial charge in [0.1, 0.15) is 12.5 Å². The summed E-state index contributed by atoms with van der Waals surface area (Å²) in [5.74, 6) is -2.30. The summed E-state index contributed by atoms with van der Waals surface area (Å²) >= 11 is 6.14. The lowest BCUT2D eigenvalue weighted by Crippen LogP contribution is -2.39. The second kappa shape index (κ2) is 12.1. The highest BCUT2D eigenvalue weighted by atomic mass is 35.5. The molecule has 3 aromatic rings. The molecule has 12 heteroatoms. The van der Waals surface area contributed by atoms with Gasteiger partial charge in [0.25, 0.3) is 0 Å². The highest BCUT2D eigenvalue weighted by molar-refractivity contribution is 7.92. The van der Waals surface area contributed by atoms with E-state index in [4.69, 9.17) is 21.7 Å². The van der Waals surface area contributed by atoms with Crippen LogP contribution in [0.3, 0.4) is 0 Å². The second-order valence-corrected chi connectivity index (χ2v) is 12.2. The minimum atomic E-state index is -3.75. The smallest absolute Gasteiger partial charge is 0.303 e. The van der Waals surface area contributed by atoms with Gasteiger partial charge in [0.15, 0.2) is 0 Å². The van der Waals surface area contributed by atoms with Crippen molar-refractivity contribution in [2.75, 3.05) is 36.5 Å². The van der Waals surface area contributed by atoms with E-state index in [1.165, 1.54) is 4.90 Å². The third kappa shape index (κ3) is 7.11. The number of aryl methyl sites for hydroxylation is 1. The lowest BCUT2D eigenvalue weighted by molar-refractivity contribution is -0.137. The number of anilines is 2. The first kappa shape index (κ1) is 29.8. The number of sulfonamides is 1. The number of nitrogens with one attached hydrogen (secondary N) is 1.